The number of hydrogen-bond acceptors (Lipinski definition) is 3. The van der Waals surface area contributed by atoms with Gasteiger partial charge in [-0.3, -0.25) is 9.48 Å². The maximum atomic E-state index is 12.2. The van der Waals surface area contributed by atoms with Crippen molar-refractivity contribution in [3.8, 4) is 0 Å². The van der Waals surface area contributed by atoms with Crippen molar-refractivity contribution in [1.29, 1.82) is 0 Å². The predicted molar refractivity (Wildman–Crippen MR) is 66.7 cm³/mol. The molecule has 4 heteroatoms. The predicted octanol–water partition coefficient (Wildman–Crippen LogP) is 1.31. The second-order valence-electron chi connectivity index (χ2n) is 5.26. The van der Waals surface area contributed by atoms with Crippen LogP contribution >= 0.6 is 0 Å². The number of carbonyl (C=O) groups is 1. The van der Waals surface area contributed by atoms with E-state index in [-0.39, 0.29) is 5.41 Å². The van der Waals surface area contributed by atoms with Gasteiger partial charge in [0, 0.05) is 25.1 Å². The number of aryl methyl sites for hydroxylation is 2. The Bertz CT molecular complexity index is 391. The monoisotopic (exact) mass is 235 g/mol. The molecule has 0 atom stereocenters. The van der Waals surface area contributed by atoms with Crippen molar-refractivity contribution in [1.82, 2.24) is 15.1 Å². The van der Waals surface area contributed by atoms with Gasteiger partial charge >= 0.3 is 0 Å². The highest BCUT2D eigenvalue weighted by Crippen LogP contribution is 2.30. The number of ketones is 1. The van der Waals surface area contributed by atoms with Crippen LogP contribution in [0.4, 0.5) is 0 Å². The standard InChI is InChI=1S/C13H21N3O/c1-13(5-7-14-8-6-13)12(17)4-3-11-9-15-16(2)10-11/h9-10,14H,3-8H2,1-2H3. The van der Waals surface area contributed by atoms with Crippen LogP contribution in [0.3, 0.4) is 0 Å². The lowest BCUT2D eigenvalue weighted by atomic mass is 9.75. The third-order valence-corrected chi connectivity index (χ3v) is 3.78. The van der Waals surface area contributed by atoms with E-state index in [4.69, 9.17) is 0 Å². The summed E-state index contributed by atoms with van der Waals surface area (Å²) < 4.78 is 1.78. The number of hydrogen-bond donors (Lipinski definition) is 1. The van der Waals surface area contributed by atoms with E-state index in [0.717, 1.165) is 37.9 Å². The molecule has 94 valence electrons. The number of rotatable bonds is 4. The lowest BCUT2D eigenvalue weighted by Crippen LogP contribution is -2.40. The van der Waals surface area contributed by atoms with Crippen molar-refractivity contribution < 1.29 is 4.79 Å². The summed E-state index contributed by atoms with van der Waals surface area (Å²) in [7, 11) is 1.90. The molecule has 0 unspecified atom stereocenters. The molecule has 0 amide bonds. The lowest BCUT2D eigenvalue weighted by Gasteiger charge is -2.32. The zero-order valence-electron chi connectivity index (χ0n) is 10.7. The van der Waals surface area contributed by atoms with Crippen LogP contribution < -0.4 is 5.32 Å². The summed E-state index contributed by atoms with van der Waals surface area (Å²) in [5.74, 6) is 0.405. The molecule has 2 rings (SSSR count). The normalized spacial score (nSPS) is 19.2. The molecular formula is C13H21N3O. The number of piperidine rings is 1. The number of Topliss-reactive ketones (excluding diaryl/α,β-unsaturated/α-hetero) is 1. The van der Waals surface area contributed by atoms with E-state index in [1.54, 1.807) is 4.68 Å². The van der Waals surface area contributed by atoms with E-state index in [0.29, 0.717) is 12.2 Å². The van der Waals surface area contributed by atoms with Crippen LogP contribution in [0.25, 0.3) is 0 Å². The number of carbonyl (C=O) groups excluding carboxylic acids is 1. The Hall–Kier alpha value is -1.16. The van der Waals surface area contributed by atoms with Crippen LogP contribution in [0.15, 0.2) is 12.4 Å². The first-order chi connectivity index (χ1) is 8.10. The fraction of sp³-hybridized carbons (Fsp3) is 0.692. The van der Waals surface area contributed by atoms with Gasteiger partial charge in [0.15, 0.2) is 0 Å². The summed E-state index contributed by atoms with van der Waals surface area (Å²) in [4.78, 5) is 12.2. The second-order valence-corrected chi connectivity index (χ2v) is 5.26. The van der Waals surface area contributed by atoms with Gasteiger partial charge in [0.2, 0.25) is 0 Å². The van der Waals surface area contributed by atoms with Gasteiger partial charge < -0.3 is 5.32 Å². The zero-order chi connectivity index (χ0) is 12.3. The van der Waals surface area contributed by atoms with Gasteiger partial charge in [-0.25, -0.2) is 0 Å². The Balaban J connectivity index is 1.88. The van der Waals surface area contributed by atoms with Crippen molar-refractivity contribution in [3.05, 3.63) is 18.0 Å². The molecule has 2 heterocycles. The first-order valence-electron chi connectivity index (χ1n) is 6.32. The van der Waals surface area contributed by atoms with E-state index in [1.807, 2.05) is 19.4 Å². The van der Waals surface area contributed by atoms with Gasteiger partial charge in [-0.15, -0.1) is 0 Å². The highest BCUT2D eigenvalue weighted by atomic mass is 16.1. The zero-order valence-corrected chi connectivity index (χ0v) is 10.7. The molecule has 1 aromatic rings. The van der Waals surface area contributed by atoms with E-state index < -0.39 is 0 Å². The fourth-order valence-electron chi connectivity index (χ4n) is 2.42. The van der Waals surface area contributed by atoms with Crippen molar-refractivity contribution in [2.45, 2.75) is 32.6 Å². The third kappa shape index (κ3) is 2.94. The van der Waals surface area contributed by atoms with Crippen LogP contribution in [0.5, 0.6) is 0 Å². The first-order valence-corrected chi connectivity index (χ1v) is 6.32. The molecule has 0 spiro atoms. The van der Waals surface area contributed by atoms with Gasteiger partial charge in [-0.05, 0) is 37.9 Å². The third-order valence-electron chi connectivity index (χ3n) is 3.78. The van der Waals surface area contributed by atoms with Crippen LogP contribution in [0, 0.1) is 5.41 Å². The van der Waals surface area contributed by atoms with Gasteiger partial charge in [0.25, 0.3) is 0 Å². The largest absolute Gasteiger partial charge is 0.317 e. The molecule has 0 aromatic carbocycles. The number of aromatic nitrogens is 2. The van der Waals surface area contributed by atoms with Crippen molar-refractivity contribution >= 4 is 5.78 Å². The molecular weight excluding hydrogens is 214 g/mol. The summed E-state index contributed by atoms with van der Waals surface area (Å²) in [6.07, 6.45) is 7.23. The average Bonchev–Trinajstić information content (AvgIpc) is 2.73. The van der Waals surface area contributed by atoms with Crippen LogP contribution in [-0.2, 0) is 18.3 Å². The minimum Gasteiger partial charge on any atom is -0.317 e. The molecule has 1 N–H and O–H groups in total. The quantitative estimate of drug-likeness (QED) is 0.856. The van der Waals surface area contributed by atoms with E-state index >= 15 is 0 Å². The molecule has 1 aromatic heterocycles. The highest BCUT2D eigenvalue weighted by molar-refractivity contribution is 5.84. The lowest BCUT2D eigenvalue weighted by molar-refractivity contribution is -0.129. The molecule has 0 radical (unpaired) electrons. The van der Waals surface area contributed by atoms with E-state index in [2.05, 4.69) is 17.3 Å². The van der Waals surface area contributed by atoms with Crippen LogP contribution in [0.1, 0.15) is 31.7 Å². The SMILES string of the molecule is Cn1cc(CCC(=O)C2(C)CCNCC2)cn1. The molecule has 0 saturated carbocycles. The Morgan fingerprint density at radius 3 is 2.82 bits per heavy atom. The maximum Gasteiger partial charge on any atom is 0.139 e. The van der Waals surface area contributed by atoms with Crippen LogP contribution in [0.2, 0.25) is 0 Å². The molecule has 17 heavy (non-hydrogen) atoms. The Kier molecular flexibility index (Phi) is 3.62. The Labute approximate surface area is 102 Å². The molecule has 0 aliphatic carbocycles. The van der Waals surface area contributed by atoms with Gasteiger partial charge in [-0.2, -0.15) is 5.10 Å². The molecule has 4 nitrogen and oxygen atoms in total. The first kappa shape index (κ1) is 12.3. The average molecular weight is 235 g/mol. The van der Waals surface area contributed by atoms with Crippen molar-refractivity contribution in [3.63, 3.8) is 0 Å². The summed E-state index contributed by atoms with van der Waals surface area (Å²) in [6.45, 7) is 4.05. The van der Waals surface area contributed by atoms with E-state index in [9.17, 15) is 4.79 Å². The Morgan fingerprint density at radius 2 is 2.24 bits per heavy atom. The fourth-order valence-corrected chi connectivity index (χ4v) is 2.42. The molecule has 1 saturated heterocycles. The van der Waals surface area contributed by atoms with Crippen LogP contribution in [-0.4, -0.2) is 28.7 Å². The minimum absolute atomic E-state index is 0.104. The van der Waals surface area contributed by atoms with Gasteiger partial charge in [0.1, 0.15) is 5.78 Å². The topological polar surface area (TPSA) is 46.9 Å². The molecule has 1 fully saturated rings. The minimum atomic E-state index is -0.104. The summed E-state index contributed by atoms with van der Waals surface area (Å²) in [6, 6.07) is 0. The molecule has 1 aliphatic rings. The number of nitrogens with zero attached hydrogens (tertiary/aromatic N) is 2. The molecule has 1 aliphatic heterocycles. The van der Waals surface area contributed by atoms with Crippen molar-refractivity contribution in [2.75, 3.05) is 13.1 Å². The Morgan fingerprint density at radius 1 is 1.53 bits per heavy atom. The smallest absolute Gasteiger partial charge is 0.139 e. The summed E-state index contributed by atoms with van der Waals surface area (Å²) >= 11 is 0. The summed E-state index contributed by atoms with van der Waals surface area (Å²) in [5, 5.41) is 7.43. The summed E-state index contributed by atoms with van der Waals surface area (Å²) in [5.41, 5.74) is 1.05. The van der Waals surface area contributed by atoms with Gasteiger partial charge in [-0.1, -0.05) is 6.92 Å². The molecule has 0 bridgehead atoms. The van der Waals surface area contributed by atoms with Crippen molar-refractivity contribution in [2.24, 2.45) is 12.5 Å². The maximum absolute atomic E-state index is 12.2. The number of nitrogens with one attached hydrogen (secondary N) is 1. The second kappa shape index (κ2) is 5.00. The van der Waals surface area contributed by atoms with Gasteiger partial charge in [0.05, 0.1) is 6.20 Å². The highest BCUT2D eigenvalue weighted by Gasteiger charge is 2.33. The van der Waals surface area contributed by atoms with E-state index in [1.165, 1.54) is 0 Å².